The summed E-state index contributed by atoms with van der Waals surface area (Å²) in [7, 11) is -3.08. The van der Waals surface area contributed by atoms with Crippen LogP contribution in [-0.4, -0.2) is 43.8 Å². The van der Waals surface area contributed by atoms with E-state index in [2.05, 4.69) is 12.2 Å². The lowest BCUT2D eigenvalue weighted by atomic mass is 10.1. The average Bonchev–Trinajstić information content (AvgIpc) is 3.01. The van der Waals surface area contributed by atoms with E-state index in [1.807, 2.05) is 16.8 Å². The van der Waals surface area contributed by atoms with Gasteiger partial charge in [0.25, 0.3) is 0 Å². The topological polar surface area (TPSA) is 66.5 Å². The summed E-state index contributed by atoms with van der Waals surface area (Å²) in [6.45, 7) is 2.34. The minimum Gasteiger partial charge on any atom is -0.321 e. The highest BCUT2D eigenvalue weighted by molar-refractivity contribution is 7.90. The summed E-state index contributed by atoms with van der Waals surface area (Å²) in [6.07, 6.45) is 3.82. The molecule has 0 aromatic carbocycles. The number of carbonyl (C=O) groups excluding carboxylic acids is 1. The van der Waals surface area contributed by atoms with Crippen molar-refractivity contribution in [3.05, 3.63) is 22.4 Å². The Morgan fingerprint density at radius 2 is 2.19 bits per heavy atom. The number of amides is 1. The average molecular weight is 330 g/mol. The molecule has 1 aromatic heterocycles. The van der Waals surface area contributed by atoms with Crippen molar-refractivity contribution in [3.8, 4) is 0 Å². The van der Waals surface area contributed by atoms with Crippen LogP contribution in [0.2, 0.25) is 0 Å². The molecule has 0 saturated carbocycles. The second kappa shape index (κ2) is 6.89. The van der Waals surface area contributed by atoms with Crippen LogP contribution >= 0.6 is 11.3 Å². The summed E-state index contributed by atoms with van der Waals surface area (Å²) in [4.78, 5) is 14.2. The third kappa shape index (κ3) is 4.28. The van der Waals surface area contributed by atoms with Crippen molar-refractivity contribution < 1.29 is 13.2 Å². The van der Waals surface area contributed by atoms with E-state index in [9.17, 15) is 13.2 Å². The molecule has 1 saturated heterocycles. The van der Waals surface area contributed by atoms with Crippen molar-refractivity contribution in [2.75, 3.05) is 18.6 Å². The van der Waals surface area contributed by atoms with Gasteiger partial charge in [-0.15, -0.1) is 0 Å². The highest BCUT2D eigenvalue weighted by atomic mass is 32.2. The lowest BCUT2D eigenvalue weighted by Gasteiger charge is -2.23. The molecule has 1 fully saturated rings. The second-order valence-corrected chi connectivity index (χ2v) is 8.52. The molecule has 1 aliphatic heterocycles. The highest BCUT2D eigenvalue weighted by Crippen LogP contribution is 2.28. The predicted molar refractivity (Wildman–Crippen MR) is 84.9 cm³/mol. The Bertz CT molecular complexity index is 569. The van der Waals surface area contributed by atoms with E-state index in [0.717, 1.165) is 24.8 Å². The maximum atomic E-state index is 12.5. The van der Waals surface area contributed by atoms with Gasteiger partial charge in [-0.3, -0.25) is 10.1 Å². The molecule has 0 radical (unpaired) electrons. The van der Waals surface area contributed by atoms with Gasteiger partial charge in [-0.2, -0.15) is 11.3 Å². The van der Waals surface area contributed by atoms with E-state index in [0.29, 0.717) is 0 Å². The van der Waals surface area contributed by atoms with Crippen molar-refractivity contribution in [2.45, 2.75) is 38.4 Å². The van der Waals surface area contributed by atoms with Gasteiger partial charge in [-0.1, -0.05) is 19.8 Å². The predicted octanol–water partition coefficient (Wildman–Crippen LogP) is 1.78. The quantitative estimate of drug-likeness (QED) is 0.827. The number of nitrogens with one attached hydrogen (secondary N) is 1. The highest BCUT2D eigenvalue weighted by Gasteiger charge is 2.39. The molecule has 1 N–H and O–H groups in total. The molecule has 7 heteroatoms. The number of nitrogens with zero attached hydrogens (tertiary/aromatic N) is 1. The Morgan fingerprint density at radius 1 is 1.43 bits per heavy atom. The van der Waals surface area contributed by atoms with E-state index in [4.69, 9.17) is 0 Å². The molecule has 0 bridgehead atoms. The summed E-state index contributed by atoms with van der Waals surface area (Å²) >= 11 is 1.58. The van der Waals surface area contributed by atoms with Gasteiger partial charge in [0.2, 0.25) is 5.91 Å². The van der Waals surface area contributed by atoms with Gasteiger partial charge in [0, 0.05) is 12.8 Å². The van der Waals surface area contributed by atoms with Gasteiger partial charge in [0.05, 0.1) is 11.8 Å². The van der Waals surface area contributed by atoms with Crippen LogP contribution in [0.1, 0.15) is 37.9 Å². The van der Waals surface area contributed by atoms with E-state index >= 15 is 0 Å². The third-order valence-electron chi connectivity index (χ3n) is 3.66. The summed E-state index contributed by atoms with van der Waals surface area (Å²) in [5, 5.41) is 7.32. The molecule has 2 rings (SSSR count). The van der Waals surface area contributed by atoms with Crippen LogP contribution in [0, 0.1) is 0 Å². The van der Waals surface area contributed by atoms with Crippen LogP contribution in [0.3, 0.4) is 0 Å². The number of sulfone groups is 1. The molecular formula is C14H22N2O3S2. The number of rotatable bonds is 7. The lowest BCUT2D eigenvalue weighted by Crippen LogP contribution is -2.34. The zero-order valence-corrected chi connectivity index (χ0v) is 14.0. The van der Waals surface area contributed by atoms with Crippen molar-refractivity contribution in [1.29, 1.82) is 0 Å². The first kappa shape index (κ1) is 16.5. The fraction of sp³-hybridized carbons (Fsp3) is 0.643. The van der Waals surface area contributed by atoms with Crippen LogP contribution in [0.25, 0.3) is 0 Å². The van der Waals surface area contributed by atoms with Gasteiger partial charge < -0.3 is 4.90 Å². The summed E-state index contributed by atoms with van der Waals surface area (Å²) in [5.74, 6) is 0.0185. The summed E-state index contributed by atoms with van der Waals surface area (Å²) in [6, 6.07) is 1.78. The summed E-state index contributed by atoms with van der Waals surface area (Å²) < 4.78 is 22.8. The Morgan fingerprint density at radius 3 is 2.76 bits per heavy atom. The van der Waals surface area contributed by atoms with Gasteiger partial charge in [-0.05, 0) is 28.8 Å². The van der Waals surface area contributed by atoms with Crippen molar-refractivity contribution >= 4 is 27.1 Å². The molecule has 2 atom stereocenters. The first-order chi connectivity index (χ1) is 9.92. The fourth-order valence-electron chi connectivity index (χ4n) is 2.50. The smallest absolute Gasteiger partial charge is 0.241 e. The largest absolute Gasteiger partial charge is 0.321 e. The van der Waals surface area contributed by atoms with Gasteiger partial charge >= 0.3 is 0 Å². The van der Waals surface area contributed by atoms with Crippen molar-refractivity contribution in [2.24, 2.45) is 0 Å². The van der Waals surface area contributed by atoms with Crippen LogP contribution in [-0.2, 0) is 14.6 Å². The van der Waals surface area contributed by atoms with Crippen LogP contribution in [0.5, 0.6) is 0 Å². The first-order valence-corrected chi connectivity index (χ1v) is 10.2. The monoisotopic (exact) mass is 330 g/mol. The molecule has 118 valence electrons. The molecule has 21 heavy (non-hydrogen) atoms. The molecule has 0 aliphatic carbocycles. The van der Waals surface area contributed by atoms with Crippen molar-refractivity contribution in [3.63, 3.8) is 0 Å². The van der Waals surface area contributed by atoms with E-state index in [1.54, 1.807) is 16.2 Å². The van der Waals surface area contributed by atoms with Crippen LogP contribution in [0.4, 0.5) is 0 Å². The molecule has 1 aromatic rings. The van der Waals surface area contributed by atoms with Crippen molar-refractivity contribution in [1.82, 2.24) is 10.2 Å². The Kier molecular flexibility index (Phi) is 5.40. The number of hydrogen-bond acceptors (Lipinski definition) is 5. The number of carbonyl (C=O) groups is 1. The Hall–Kier alpha value is -0.920. The zero-order chi connectivity index (χ0) is 15.5. The molecular weight excluding hydrogens is 308 g/mol. The molecule has 5 nitrogen and oxygen atoms in total. The Balaban J connectivity index is 2.13. The van der Waals surface area contributed by atoms with Crippen LogP contribution < -0.4 is 5.32 Å². The second-order valence-electron chi connectivity index (χ2n) is 5.48. The normalized spacial score (nSPS) is 23.0. The van der Waals surface area contributed by atoms with Gasteiger partial charge in [0.1, 0.15) is 16.0 Å². The molecule has 1 aliphatic rings. The standard InChI is InChI=1S/C14H22N2O3S2/c1-3-4-5-12-14(17)16(7-9-21(2,18)19)13(15-12)11-6-8-20-10-11/h6,8,10,12-13,15H,3-5,7,9H2,1-2H3. The maximum Gasteiger partial charge on any atom is 0.241 e. The van der Waals surface area contributed by atoms with Gasteiger partial charge in [-0.25, -0.2) is 8.42 Å². The SMILES string of the molecule is CCCCC1NC(c2ccsc2)N(CCS(C)(=O)=O)C1=O. The zero-order valence-electron chi connectivity index (χ0n) is 12.4. The number of hydrogen-bond donors (Lipinski definition) is 1. The molecule has 0 spiro atoms. The van der Waals surface area contributed by atoms with E-state index < -0.39 is 9.84 Å². The Labute approximate surface area is 130 Å². The molecule has 2 unspecified atom stereocenters. The minimum atomic E-state index is -3.08. The van der Waals surface area contributed by atoms with E-state index in [-0.39, 0.29) is 30.4 Å². The van der Waals surface area contributed by atoms with Crippen LogP contribution in [0.15, 0.2) is 16.8 Å². The lowest BCUT2D eigenvalue weighted by molar-refractivity contribution is -0.130. The third-order valence-corrected chi connectivity index (χ3v) is 5.29. The molecule has 2 heterocycles. The first-order valence-electron chi connectivity index (χ1n) is 7.18. The molecule has 1 amide bonds. The number of unbranched alkanes of at least 4 members (excludes halogenated alkanes) is 1. The fourth-order valence-corrected chi connectivity index (χ4v) is 3.71. The minimum absolute atomic E-state index is 0.00154. The summed E-state index contributed by atoms with van der Waals surface area (Å²) in [5.41, 5.74) is 1.03. The maximum absolute atomic E-state index is 12.5. The van der Waals surface area contributed by atoms with Gasteiger partial charge in [0.15, 0.2) is 0 Å². The van der Waals surface area contributed by atoms with E-state index in [1.165, 1.54) is 6.26 Å². The number of thiophene rings is 1.